The molecule has 0 aliphatic heterocycles. The van der Waals surface area contributed by atoms with Gasteiger partial charge in [-0.05, 0) is 30.7 Å². The average Bonchev–Trinajstić information content (AvgIpc) is 2.55. The Kier molecular flexibility index (Phi) is 4.99. The number of benzene rings is 2. The van der Waals surface area contributed by atoms with Crippen LogP contribution in [0.15, 0.2) is 30.3 Å². The number of phenols is 1. The van der Waals surface area contributed by atoms with Gasteiger partial charge in [0.25, 0.3) is 0 Å². The van der Waals surface area contributed by atoms with E-state index in [4.69, 9.17) is 18.9 Å². The Balaban J connectivity index is 2.65. The van der Waals surface area contributed by atoms with Crippen LogP contribution in [0.4, 0.5) is 0 Å². The standard InChI is InChI=1S/C17H20O5/c1-5-22-16-12(7-6-8-13(16)18)11-9-14(19-2)17(21-4)15(10-11)20-3/h6-10,18H,5H2,1-4H3. The summed E-state index contributed by atoms with van der Waals surface area (Å²) in [7, 11) is 4.68. The predicted molar refractivity (Wildman–Crippen MR) is 84.4 cm³/mol. The number of hydrogen-bond acceptors (Lipinski definition) is 5. The number of ether oxygens (including phenoxy) is 4. The van der Waals surface area contributed by atoms with Gasteiger partial charge in [0.2, 0.25) is 5.75 Å². The summed E-state index contributed by atoms with van der Waals surface area (Å²) in [5, 5.41) is 10.0. The molecule has 0 aromatic heterocycles. The van der Waals surface area contributed by atoms with Crippen molar-refractivity contribution in [3.63, 3.8) is 0 Å². The van der Waals surface area contributed by atoms with Gasteiger partial charge in [0.15, 0.2) is 23.0 Å². The van der Waals surface area contributed by atoms with Gasteiger partial charge in [0.05, 0.1) is 27.9 Å². The van der Waals surface area contributed by atoms with E-state index in [1.54, 1.807) is 33.5 Å². The quantitative estimate of drug-likeness (QED) is 0.885. The summed E-state index contributed by atoms with van der Waals surface area (Å²) < 4.78 is 21.6. The molecule has 2 aromatic carbocycles. The van der Waals surface area contributed by atoms with E-state index in [0.717, 1.165) is 11.1 Å². The Morgan fingerprint density at radius 2 is 1.55 bits per heavy atom. The molecular weight excluding hydrogens is 284 g/mol. The van der Waals surface area contributed by atoms with Crippen LogP contribution in [0.1, 0.15) is 6.92 Å². The van der Waals surface area contributed by atoms with E-state index in [1.807, 2.05) is 25.1 Å². The lowest BCUT2D eigenvalue weighted by Crippen LogP contribution is -1.98. The average molecular weight is 304 g/mol. The highest BCUT2D eigenvalue weighted by molar-refractivity contribution is 5.77. The van der Waals surface area contributed by atoms with Crippen molar-refractivity contribution in [2.45, 2.75) is 6.92 Å². The van der Waals surface area contributed by atoms with Crippen molar-refractivity contribution in [3.8, 4) is 39.9 Å². The van der Waals surface area contributed by atoms with Gasteiger partial charge >= 0.3 is 0 Å². The summed E-state index contributed by atoms with van der Waals surface area (Å²) in [6, 6.07) is 8.85. The molecule has 0 heterocycles. The largest absolute Gasteiger partial charge is 0.504 e. The van der Waals surface area contributed by atoms with Gasteiger partial charge in [-0.15, -0.1) is 0 Å². The van der Waals surface area contributed by atoms with Crippen molar-refractivity contribution in [2.75, 3.05) is 27.9 Å². The van der Waals surface area contributed by atoms with Gasteiger partial charge in [-0.3, -0.25) is 0 Å². The Labute approximate surface area is 130 Å². The monoisotopic (exact) mass is 304 g/mol. The lowest BCUT2D eigenvalue weighted by atomic mass is 10.0. The van der Waals surface area contributed by atoms with E-state index in [9.17, 15) is 5.11 Å². The minimum absolute atomic E-state index is 0.0908. The fourth-order valence-corrected chi connectivity index (χ4v) is 2.28. The fraction of sp³-hybridized carbons (Fsp3) is 0.294. The first-order valence-electron chi connectivity index (χ1n) is 6.91. The van der Waals surface area contributed by atoms with Crippen molar-refractivity contribution in [2.24, 2.45) is 0 Å². The van der Waals surface area contributed by atoms with E-state index < -0.39 is 0 Å². The van der Waals surface area contributed by atoms with Gasteiger partial charge in [-0.2, -0.15) is 0 Å². The van der Waals surface area contributed by atoms with E-state index in [1.165, 1.54) is 0 Å². The lowest BCUT2D eigenvalue weighted by molar-refractivity contribution is 0.319. The van der Waals surface area contributed by atoms with Crippen molar-refractivity contribution in [3.05, 3.63) is 30.3 Å². The smallest absolute Gasteiger partial charge is 0.203 e. The van der Waals surface area contributed by atoms with Crippen LogP contribution in [0.25, 0.3) is 11.1 Å². The number of para-hydroxylation sites is 1. The molecule has 0 saturated carbocycles. The number of phenolic OH excluding ortho intramolecular Hbond substituents is 1. The van der Waals surface area contributed by atoms with Crippen LogP contribution >= 0.6 is 0 Å². The summed E-state index contributed by atoms with van der Waals surface area (Å²) in [5.74, 6) is 2.13. The highest BCUT2D eigenvalue weighted by atomic mass is 16.5. The molecular formula is C17H20O5. The molecule has 1 N–H and O–H groups in total. The van der Waals surface area contributed by atoms with Crippen LogP contribution in [0.2, 0.25) is 0 Å². The SMILES string of the molecule is CCOc1c(O)cccc1-c1cc(OC)c(OC)c(OC)c1. The minimum Gasteiger partial charge on any atom is -0.504 e. The van der Waals surface area contributed by atoms with Crippen LogP contribution < -0.4 is 18.9 Å². The zero-order valence-electron chi connectivity index (χ0n) is 13.2. The Morgan fingerprint density at radius 3 is 2.05 bits per heavy atom. The van der Waals surface area contributed by atoms with Crippen LogP contribution in [-0.4, -0.2) is 33.0 Å². The summed E-state index contributed by atoms with van der Waals surface area (Å²) in [6.07, 6.45) is 0. The number of hydrogen-bond donors (Lipinski definition) is 1. The van der Waals surface area contributed by atoms with Crippen LogP contribution in [0, 0.1) is 0 Å². The van der Waals surface area contributed by atoms with Gasteiger partial charge in [0, 0.05) is 5.56 Å². The molecule has 0 unspecified atom stereocenters. The molecule has 0 amide bonds. The van der Waals surface area contributed by atoms with Gasteiger partial charge < -0.3 is 24.1 Å². The molecule has 5 nitrogen and oxygen atoms in total. The summed E-state index contributed by atoms with van der Waals surface area (Å²) in [6.45, 7) is 2.32. The van der Waals surface area contributed by atoms with Crippen molar-refractivity contribution >= 4 is 0 Å². The maximum Gasteiger partial charge on any atom is 0.203 e. The first-order valence-corrected chi connectivity index (χ1v) is 6.91. The number of rotatable bonds is 6. The van der Waals surface area contributed by atoms with E-state index in [2.05, 4.69) is 0 Å². The third-order valence-electron chi connectivity index (χ3n) is 3.26. The predicted octanol–water partition coefficient (Wildman–Crippen LogP) is 3.48. The second kappa shape index (κ2) is 6.93. The van der Waals surface area contributed by atoms with Gasteiger partial charge in [-0.1, -0.05) is 12.1 Å². The Bertz CT molecular complexity index is 626. The molecule has 2 rings (SSSR count). The molecule has 0 spiro atoms. The van der Waals surface area contributed by atoms with Crippen molar-refractivity contribution in [1.82, 2.24) is 0 Å². The zero-order chi connectivity index (χ0) is 16.1. The first-order chi connectivity index (χ1) is 10.7. The van der Waals surface area contributed by atoms with Crippen LogP contribution in [0.5, 0.6) is 28.7 Å². The highest BCUT2D eigenvalue weighted by Crippen LogP contribution is 2.44. The second-order valence-electron chi connectivity index (χ2n) is 4.50. The molecule has 5 heteroatoms. The van der Waals surface area contributed by atoms with Gasteiger partial charge in [0.1, 0.15) is 0 Å². The van der Waals surface area contributed by atoms with Gasteiger partial charge in [-0.25, -0.2) is 0 Å². The van der Waals surface area contributed by atoms with E-state index >= 15 is 0 Å². The molecule has 118 valence electrons. The third kappa shape index (κ3) is 2.88. The normalized spacial score (nSPS) is 10.2. The second-order valence-corrected chi connectivity index (χ2v) is 4.50. The number of methoxy groups -OCH3 is 3. The van der Waals surface area contributed by atoms with Crippen LogP contribution in [-0.2, 0) is 0 Å². The molecule has 0 fully saturated rings. The van der Waals surface area contributed by atoms with Crippen LogP contribution in [0.3, 0.4) is 0 Å². The molecule has 0 saturated heterocycles. The third-order valence-corrected chi connectivity index (χ3v) is 3.26. The van der Waals surface area contributed by atoms with E-state index in [0.29, 0.717) is 29.6 Å². The Hall–Kier alpha value is -2.56. The molecule has 0 bridgehead atoms. The lowest BCUT2D eigenvalue weighted by Gasteiger charge is -2.16. The topological polar surface area (TPSA) is 57.2 Å². The molecule has 0 aliphatic carbocycles. The maximum atomic E-state index is 10.0. The van der Waals surface area contributed by atoms with Crippen molar-refractivity contribution < 1.29 is 24.1 Å². The Morgan fingerprint density at radius 1 is 0.909 bits per heavy atom. The first kappa shape index (κ1) is 15.8. The molecule has 0 atom stereocenters. The molecule has 22 heavy (non-hydrogen) atoms. The molecule has 0 aliphatic rings. The summed E-state index contributed by atoms with van der Waals surface area (Å²) >= 11 is 0. The highest BCUT2D eigenvalue weighted by Gasteiger charge is 2.17. The molecule has 2 aromatic rings. The fourth-order valence-electron chi connectivity index (χ4n) is 2.28. The summed E-state index contributed by atoms with van der Waals surface area (Å²) in [5.41, 5.74) is 1.55. The maximum absolute atomic E-state index is 10.0. The van der Waals surface area contributed by atoms with E-state index in [-0.39, 0.29) is 5.75 Å². The van der Waals surface area contributed by atoms with Crippen molar-refractivity contribution in [1.29, 1.82) is 0 Å². The zero-order valence-corrected chi connectivity index (χ0v) is 13.2. The number of aromatic hydroxyl groups is 1. The summed E-state index contributed by atoms with van der Waals surface area (Å²) in [4.78, 5) is 0. The minimum atomic E-state index is 0.0908. The molecule has 0 radical (unpaired) electrons.